The monoisotopic (exact) mass is 293 g/mol. The van der Waals surface area contributed by atoms with Crippen molar-refractivity contribution in [3.8, 4) is 0 Å². The lowest BCUT2D eigenvalue weighted by Crippen LogP contribution is -2.16. The average Bonchev–Trinajstić information content (AvgIpc) is 2.41. The maximum absolute atomic E-state index is 6.10. The maximum Gasteiger partial charge on any atom is 0.0438 e. The van der Waals surface area contributed by atoms with E-state index in [1.54, 1.807) is 0 Å². The first-order chi connectivity index (χ1) is 9.15. The minimum absolute atomic E-state index is 0.783. The van der Waals surface area contributed by atoms with Gasteiger partial charge in [-0.05, 0) is 54.8 Å². The van der Waals surface area contributed by atoms with Gasteiger partial charge in [0.2, 0.25) is 0 Å². The molecule has 3 heteroatoms. The summed E-state index contributed by atoms with van der Waals surface area (Å²) in [5, 5.41) is 5.03. The minimum Gasteiger partial charge on any atom is -0.312 e. The fraction of sp³-hybridized carbons (Fsp3) is 0.250. The van der Waals surface area contributed by atoms with E-state index in [0.29, 0.717) is 0 Å². The van der Waals surface area contributed by atoms with Gasteiger partial charge in [0.15, 0.2) is 0 Å². The molecule has 19 heavy (non-hydrogen) atoms. The van der Waals surface area contributed by atoms with Gasteiger partial charge in [-0.25, -0.2) is 0 Å². The standard InChI is InChI=1S/C16H17Cl2N/c1-12-2-3-14(10-16(12)18)11-19-9-8-13-4-6-15(17)7-5-13/h2-7,10,19H,8-9,11H2,1H3. The topological polar surface area (TPSA) is 12.0 Å². The molecule has 0 bridgehead atoms. The van der Waals surface area contributed by atoms with Crippen molar-refractivity contribution >= 4 is 23.2 Å². The van der Waals surface area contributed by atoms with E-state index in [4.69, 9.17) is 23.2 Å². The minimum atomic E-state index is 0.783. The molecule has 0 aliphatic carbocycles. The highest BCUT2D eigenvalue weighted by molar-refractivity contribution is 6.31. The zero-order valence-electron chi connectivity index (χ0n) is 10.9. The van der Waals surface area contributed by atoms with Gasteiger partial charge >= 0.3 is 0 Å². The molecule has 0 spiro atoms. The lowest BCUT2D eigenvalue weighted by molar-refractivity contribution is 0.687. The summed E-state index contributed by atoms with van der Waals surface area (Å²) in [6.45, 7) is 3.79. The molecule has 0 aromatic heterocycles. The summed E-state index contributed by atoms with van der Waals surface area (Å²) in [6, 6.07) is 14.2. The number of aryl methyl sites for hydroxylation is 1. The third-order valence-corrected chi connectivity index (χ3v) is 3.73. The van der Waals surface area contributed by atoms with Crippen molar-refractivity contribution in [2.45, 2.75) is 19.9 Å². The van der Waals surface area contributed by atoms with E-state index in [-0.39, 0.29) is 0 Å². The molecule has 2 aromatic rings. The van der Waals surface area contributed by atoms with Crippen molar-refractivity contribution in [3.05, 3.63) is 69.2 Å². The van der Waals surface area contributed by atoms with E-state index in [1.165, 1.54) is 11.1 Å². The SMILES string of the molecule is Cc1ccc(CNCCc2ccc(Cl)cc2)cc1Cl. The number of benzene rings is 2. The molecule has 0 unspecified atom stereocenters. The third kappa shape index (κ3) is 4.54. The van der Waals surface area contributed by atoms with Gasteiger partial charge in [-0.1, -0.05) is 47.5 Å². The van der Waals surface area contributed by atoms with Gasteiger partial charge in [-0.2, -0.15) is 0 Å². The van der Waals surface area contributed by atoms with Crippen LogP contribution in [0.15, 0.2) is 42.5 Å². The zero-order valence-corrected chi connectivity index (χ0v) is 12.4. The summed E-state index contributed by atoms with van der Waals surface area (Å²) >= 11 is 11.9. The van der Waals surface area contributed by atoms with Gasteiger partial charge in [0.25, 0.3) is 0 Å². The van der Waals surface area contributed by atoms with E-state index in [1.807, 2.05) is 25.1 Å². The first kappa shape index (κ1) is 14.4. The van der Waals surface area contributed by atoms with Gasteiger partial charge in [0.1, 0.15) is 0 Å². The van der Waals surface area contributed by atoms with Crippen LogP contribution in [-0.4, -0.2) is 6.54 Å². The number of nitrogens with one attached hydrogen (secondary N) is 1. The third-order valence-electron chi connectivity index (χ3n) is 3.07. The highest BCUT2D eigenvalue weighted by Gasteiger charge is 1.98. The Kier molecular flexibility index (Phi) is 5.26. The van der Waals surface area contributed by atoms with E-state index < -0.39 is 0 Å². The normalized spacial score (nSPS) is 10.7. The Hall–Kier alpha value is -1.02. The van der Waals surface area contributed by atoms with Gasteiger partial charge < -0.3 is 5.32 Å². The molecule has 0 saturated heterocycles. The van der Waals surface area contributed by atoms with Gasteiger partial charge in [0, 0.05) is 16.6 Å². The average molecular weight is 294 g/mol. The zero-order chi connectivity index (χ0) is 13.7. The largest absolute Gasteiger partial charge is 0.312 e. The summed E-state index contributed by atoms with van der Waals surface area (Å²) in [4.78, 5) is 0. The molecule has 0 aliphatic heterocycles. The van der Waals surface area contributed by atoms with Crippen LogP contribution >= 0.6 is 23.2 Å². The van der Waals surface area contributed by atoms with Crippen LogP contribution in [-0.2, 0) is 13.0 Å². The molecule has 0 saturated carbocycles. The fourth-order valence-corrected chi connectivity index (χ4v) is 2.19. The van der Waals surface area contributed by atoms with Crippen LogP contribution in [0.2, 0.25) is 10.0 Å². The summed E-state index contributed by atoms with van der Waals surface area (Å²) in [5.74, 6) is 0. The molecule has 0 atom stereocenters. The summed E-state index contributed by atoms with van der Waals surface area (Å²) in [5.41, 5.74) is 3.62. The molecule has 0 amide bonds. The molecule has 1 nitrogen and oxygen atoms in total. The molecule has 100 valence electrons. The molecule has 2 rings (SSSR count). The second-order valence-corrected chi connectivity index (χ2v) is 5.48. The van der Waals surface area contributed by atoms with E-state index >= 15 is 0 Å². The second-order valence-electron chi connectivity index (χ2n) is 4.64. The first-order valence-electron chi connectivity index (χ1n) is 6.35. The highest BCUT2D eigenvalue weighted by Crippen LogP contribution is 2.16. The van der Waals surface area contributed by atoms with Crippen molar-refractivity contribution in [1.29, 1.82) is 0 Å². The number of rotatable bonds is 5. The Balaban J connectivity index is 1.77. The van der Waals surface area contributed by atoms with Gasteiger partial charge in [-0.3, -0.25) is 0 Å². The molecular formula is C16H17Cl2N. The molecule has 0 fully saturated rings. The number of halogens is 2. The lowest BCUT2D eigenvalue weighted by atomic mass is 10.1. The van der Waals surface area contributed by atoms with Gasteiger partial charge in [-0.15, -0.1) is 0 Å². The molecular weight excluding hydrogens is 277 g/mol. The fourth-order valence-electron chi connectivity index (χ4n) is 1.86. The Morgan fingerprint density at radius 3 is 2.32 bits per heavy atom. The van der Waals surface area contributed by atoms with E-state index in [2.05, 4.69) is 29.6 Å². The Morgan fingerprint density at radius 2 is 1.63 bits per heavy atom. The van der Waals surface area contributed by atoms with Crippen LogP contribution in [0.3, 0.4) is 0 Å². The Labute approximate surface area is 124 Å². The summed E-state index contributed by atoms with van der Waals surface area (Å²) < 4.78 is 0. The van der Waals surface area contributed by atoms with Crippen LogP contribution < -0.4 is 5.32 Å². The molecule has 0 aliphatic rings. The lowest BCUT2D eigenvalue weighted by Gasteiger charge is -2.07. The number of hydrogen-bond donors (Lipinski definition) is 1. The van der Waals surface area contributed by atoms with Crippen molar-refractivity contribution < 1.29 is 0 Å². The predicted molar refractivity (Wildman–Crippen MR) is 83.1 cm³/mol. The smallest absolute Gasteiger partial charge is 0.0438 e. The Bertz CT molecular complexity index is 535. The van der Waals surface area contributed by atoms with Crippen LogP contribution in [0.25, 0.3) is 0 Å². The summed E-state index contributed by atoms with van der Waals surface area (Å²) in [7, 11) is 0. The highest BCUT2D eigenvalue weighted by atomic mass is 35.5. The summed E-state index contributed by atoms with van der Waals surface area (Å²) in [6.07, 6.45) is 0.997. The van der Waals surface area contributed by atoms with Crippen LogP contribution in [0.5, 0.6) is 0 Å². The molecule has 2 aromatic carbocycles. The molecule has 1 N–H and O–H groups in total. The molecule has 0 heterocycles. The van der Waals surface area contributed by atoms with Crippen molar-refractivity contribution in [1.82, 2.24) is 5.32 Å². The maximum atomic E-state index is 6.10. The van der Waals surface area contributed by atoms with Gasteiger partial charge in [0.05, 0.1) is 0 Å². The first-order valence-corrected chi connectivity index (χ1v) is 7.11. The number of hydrogen-bond acceptors (Lipinski definition) is 1. The predicted octanol–water partition coefficient (Wildman–Crippen LogP) is 4.63. The van der Waals surface area contributed by atoms with E-state index in [0.717, 1.165) is 35.1 Å². The van der Waals surface area contributed by atoms with Crippen LogP contribution in [0.4, 0.5) is 0 Å². The van der Waals surface area contributed by atoms with Crippen molar-refractivity contribution in [2.75, 3.05) is 6.54 Å². The van der Waals surface area contributed by atoms with Crippen molar-refractivity contribution in [3.63, 3.8) is 0 Å². The van der Waals surface area contributed by atoms with E-state index in [9.17, 15) is 0 Å². The quantitative estimate of drug-likeness (QED) is 0.792. The molecule has 0 radical (unpaired) electrons. The Morgan fingerprint density at radius 1 is 0.947 bits per heavy atom. The van der Waals surface area contributed by atoms with Crippen LogP contribution in [0.1, 0.15) is 16.7 Å². The second kappa shape index (κ2) is 6.95. The van der Waals surface area contributed by atoms with Crippen molar-refractivity contribution in [2.24, 2.45) is 0 Å². The van der Waals surface area contributed by atoms with Crippen LogP contribution in [0, 0.1) is 6.92 Å².